The zero-order chi connectivity index (χ0) is 11.6. The predicted octanol–water partition coefficient (Wildman–Crippen LogP) is 3.79. The minimum Gasteiger partial charge on any atom is -0.378 e. The Morgan fingerprint density at radius 2 is 1.73 bits per heavy atom. The molecule has 0 heterocycles. The summed E-state index contributed by atoms with van der Waals surface area (Å²) in [5.74, 6) is 0. The van der Waals surface area contributed by atoms with Gasteiger partial charge >= 0.3 is 0 Å². The number of hydrogen-bond donors (Lipinski definition) is 0. The SMILES string of the molecule is CCCCCCOCC(C)(CC)OCC. The maximum Gasteiger partial charge on any atom is 0.0884 e. The van der Waals surface area contributed by atoms with Crippen molar-refractivity contribution in [2.75, 3.05) is 19.8 Å². The van der Waals surface area contributed by atoms with Crippen molar-refractivity contribution in [1.82, 2.24) is 0 Å². The van der Waals surface area contributed by atoms with Crippen LogP contribution in [0.4, 0.5) is 0 Å². The van der Waals surface area contributed by atoms with Crippen molar-refractivity contribution in [1.29, 1.82) is 0 Å². The molecule has 0 radical (unpaired) electrons. The van der Waals surface area contributed by atoms with Gasteiger partial charge in [-0.15, -0.1) is 0 Å². The van der Waals surface area contributed by atoms with Gasteiger partial charge in [-0.3, -0.25) is 0 Å². The molecular formula is C13H28O2. The van der Waals surface area contributed by atoms with Crippen LogP contribution < -0.4 is 0 Å². The Hall–Kier alpha value is -0.0800. The average Bonchev–Trinajstić information content (AvgIpc) is 2.24. The van der Waals surface area contributed by atoms with Crippen LogP contribution in [0.5, 0.6) is 0 Å². The van der Waals surface area contributed by atoms with Gasteiger partial charge < -0.3 is 9.47 Å². The molecule has 0 aliphatic carbocycles. The highest BCUT2D eigenvalue weighted by Crippen LogP contribution is 2.15. The zero-order valence-electron chi connectivity index (χ0n) is 11.0. The van der Waals surface area contributed by atoms with E-state index >= 15 is 0 Å². The van der Waals surface area contributed by atoms with E-state index in [1.165, 1.54) is 25.7 Å². The van der Waals surface area contributed by atoms with Gasteiger partial charge in [0.1, 0.15) is 0 Å². The summed E-state index contributed by atoms with van der Waals surface area (Å²) >= 11 is 0. The Balaban J connectivity index is 3.46. The molecule has 2 nitrogen and oxygen atoms in total. The minimum absolute atomic E-state index is 0.0838. The Bertz CT molecular complexity index is 136. The molecular weight excluding hydrogens is 188 g/mol. The topological polar surface area (TPSA) is 18.5 Å². The Kier molecular flexibility index (Phi) is 9.12. The standard InChI is InChI=1S/C13H28O2/c1-5-8-9-10-11-14-12-13(4,6-2)15-7-3/h5-12H2,1-4H3. The molecule has 0 N–H and O–H groups in total. The van der Waals surface area contributed by atoms with Gasteiger partial charge in [-0.2, -0.15) is 0 Å². The third-order valence-corrected chi connectivity index (χ3v) is 2.79. The molecule has 0 bridgehead atoms. The summed E-state index contributed by atoms with van der Waals surface area (Å²) in [5.41, 5.74) is -0.0838. The van der Waals surface area contributed by atoms with Gasteiger partial charge in [-0.25, -0.2) is 0 Å². The summed E-state index contributed by atoms with van der Waals surface area (Å²) in [6, 6.07) is 0. The van der Waals surface area contributed by atoms with Crippen molar-refractivity contribution in [3.63, 3.8) is 0 Å². The summed E-state index contributed by atoms with van der Waals surface area (Å²) in [6.07, 6.45) is 6.08. The number of unbranched alkanes of at least 4 members (excludes halogenated alkanes) is 3. The van der Waals surface area contributed by atoms with E-state index in [-0.39, 0.29) is 5.60 Å². The van der Waals surface area contributed by atoms with Crippen LogP contribution in [-0.2, 0) is 9.47 Å². The quantitative estimate of drug-likeness (QED) is 0.517. The van der Waals surface area contributed by atoms with Gasteiger partial charge in [0.15, 0.2) is 0 Å². The number of hydrogen-bond acceptors (Lipinski definition) is 2. The maximum atomic E-state index is 5.68. The van der Waals surface area contributed by atoms with Gasteiger partial charge in [0, 0.05) is 13.2 Å². The van der Waals surface area contributed by atoms with E-state index in [1.807, 2.05) is 6.92 Å². The fraction of sp³-hybridized carbons (Fsp3) is 1.00. The third-order valence-electron chi connectivity index (χ3n) is 2.79. The summed E-state index contributed by atoms with van der Waals surface area (Å²) in [6.45, 7) is 10.9. The fourth-order valence-electron chi connectivity index (χ4n) is 1.51. The normalized spacial score (nSPS) is 15.2. The first-order valence-electron chi connectivity index (χ1n) is 6.40. The molecule has 1 unspecified atom stereocenters. The highest BCUT2D eigenvalue weighted by Gasteiger charge is 2.21. The monoisotopic (exact) mass is 216 g/mol. The molecule has 0 spiro atoms. The van der Waals surface area contributed by atoms with Gasteiger partial charge in [0.25, 0.3) is 0 Å². The summed E-state index contributed by atoms with van der Waals surface area (Å²) in [7, 11) is 0. The van der Waals surface area contributed by atoms with Crippen molar-refractivity contribution in [3.8, 4) is 0 Å². The lowest BCUT2D eigenvalue weighted by Gasteiger charge is -2.27. The van der Waals surface area contributed by atoms with Crippen LogP contribution in [0.1, 0.15) is 59.8 Å². The van der Waals surface area contributed by atoms with Gasteiger partial charge in [-0.05, 0) is 26.7 Å². The first-order valence-corrected chi connectivity index (χ1v) is 6.40. The minimum atomic E-state index is -0.0838. The van der Waals surface area contributed by atoms with E-state index in [0.29, 0.717) is 0 Å². The lowest BCUT2D eigenvalue weighted by atomic mass is 10.1. The van der Waals surface area contributed by atoms with Crippen LogP contribution in [0.15, 0.2) is 0 Å². The molecule has 2 heteroatoms. The van der Waals surface area contributed by atoms with Crippen molar-refractivity contribution in [2.45, 2.75) is 65.4 Å². The molecule has 1 atom stereocenters. The van der Waals surface area contributed by atoms with Crippen molar-refractivity contribution in [2.24, 2.45) is 0 Å². The van der Waals surface area contributed by atoms with Crippen LogP contribution in [0, 0.1) is 0 Å². The smallest absolute Gasteiger partial charge is 0.0884 e. The molecule has 92 valence electrons. The van der Waals surface area contributed by atoms with Gasteiger partial charge in [-0.1, -0.05) is 33.1 Å². The average molecular weight is 216 g/mol. The van der Waals surface area contributed by atoms with Crippen LogP contribution in [0.2, 0.25) is 0 Å². The van der Waals surface area contributed by atoms with E-state index < -0.39 is 0 Å². The lowest BCUT2D eigenvalue weighted by Crippen LogP contribution is -2.33. The van der Waals surface area contributed by atoms with Gasteiger partial charge in [0.05, 0.1) is 12.2 Å². The maximum absolute atomic E-state index is 5.68. The second-order valence-corrected chi connectivity index (χ2v) is 4.35. The van der Waals surface area contributed by atoms with Crippen molar-refractivity contribution in [3.05, 3.63) is 0 Å². The first kappa shape index (κ1) is 14.9. The summed E-state index contributed by atoms with van der Waals surface area (Å²) in [5, 5.41) is 0. The van der Waals surface area contributed by atoms with E-state index in [1.54, 1.807) is 0 Å². The Labute approximate surface area is 95.3 Å². The van der Waals surface area contributed by atoms with E-state index in [0.717, 1.165) is 26.2 Å². The Morgan fingerprint density at radius 1 is 1.00 bits per heavy atom. The second kappa shape index (κ2) is 9.17. The molecule has 0 saturated carbocycles. The van der Waals surface area contributed by atoms with E-state index in [2.05, 4.69) is 20.8 Å². The summed E-state index contributed by atoms with van der Waals surface area (Å²) in [4.78, 5) is 0. The third kappa shape index (κ3) is 7.80. The van der Waals surface area contributed by atoms with Crippen LogP contribution in [0.25, 0.3) is 0 Å². The lowest BCUT2D eigenvalue weighted by molar-refractivity contribution is -0.0847. The Morgan fingerprint density at radius 3 is 2.27 bits per heavy atom. The highest BCUT2D eigenvalue weighted by atomic mass is 16.5. The van der Waals surface area contributed by atoms with E-state index in [9.17, 15) is 0 Å². The molecule has 0 amide bonds. The molecule has 0 aromatic carbocycles. The van der Waals surface area contributed by atoms with Crippen LogP contribution in [0.3, 0.4) is 0 Å². The fourth-order valence-corrected chi connectivity index (χ4v) is 1.51. The second-order valence-electron chi connectivity index (χ2n) is 4.35. The number of ether oxygens (including phenoxy) is 2. The summed E-state index contributed by atoms with van der Waals surface area (Å²) < 4.78 is 11.3. The van der Waals surface area contributed by atoms with Crippen LogP contribution >= 0.6 is 0 Å². The van der Waals surface area contributed by atoms with E-state index in [4.69, 9.17) is 9.47 Å². The molecule has 0 aliphatic rings. The number of rotatable bonds is 10. The van der Waals surface area contributed by atoms with Crippen molar-refractivity contribution < 1.29 is 9.47 Å². The molecule has 0 rings (SSSR count). The molecule has 0 aromatic rings. The first-order chi connectivity index (χ1) is 7.18. The zero-order valence-corrected chi connectivity index (χ0v) is 11.0. The molecule has 0 saturated heterocycles. The highest BCUT2D eigenvalue weighted by molar-refractivity contribution is 4.72. The largest absolute Gasteiger partial charge is 0.378 e. The molecule has 0 fully saturated rings. The molecule has 0 aliphatic heterocycles. The van der Waals surface area contributed by atoms with Gasteiger partial charge in [0.2, 0.25) is 0 Å². The predicted molar refractivity (Wildman–Crippen MR) is 65.3 cm³/mol. The van der Waals surface area contributed by atoms with Crippen molar-refractivity contribution >= 4 is 0 Å². The molecule has 15 heavy (non-hydrogen) atoms. The molecule has 0 aromatic heterocycles. The van der Waals surface area contributed by atoms with Crippen LogP contribution in [-0.4, -0.2) is 25.4 Å².